The molecule has 1 aromatic rings. The summed E-state index contributed by atoms with van der Waals surface area (Å²) in [4.78, 5) is 5.25. The van der Waals surface area contributed by atoms with Crippen LogP contribution in [0.2, 0.25) is 5.02 Å². The maximum absolute atomic E-state index is 6.27. The molecule has 2 atom stereocenters. The fourth-order valence-corrected chi connectivity index (χ4v) is 3.51. The molecule has 0 bridgehead atoms. The van der Waals surface area contributed by atoms with Gasteiger partial charge in [-0.15, -0.1) is 0 Å². The molecule has 0 unspecified atom stereocenters. The highest BCUT2D eigenvalue weighted by Gasteiger charge is 2.34. The predicted molar refractivity (Wildman–Crippen MR) is 75.9 cm³/mol. The third-order valence-corrected chi connectivity index (χ3v) is 4.77. The van der Waals surface area contributed by atoms with Crippen molar-refractivity contribution in [1.29, 1.82) is 0 Å². The Labute approximate surface area is 115 Å². The lowest BCUT2D eigenvalue weighted by atomic mass is 10.1. The van der Waals surface area contributed by atoms with E-state index in [4.69, 9.17) is 11.6 Å². The van der Waals surface area contributed by atoms with Crippen molar-refractivity contribution in [2.75, 3.05) is 19.6 Å². The maximum Gasteiger partial charge on any atom is 0.0451 e. The normalized spacial score (nSPS) is 29.4. The molecule has 18 heavy (non-hydrogen) atoms. The highest BCUT2D eigenvalue weighted by Crippen LogP contribution is 2.27. The summed E-state index contributed by atoms with van der Waals surface area (Å²) in [5, 5.41) is 0.901. The van der Waals surface area contributed by atoms with Crippen LogP contribution in [0.1, 0.15) is 25.3 Å². The molecule has 0 amide bonds. The number of hydrogen-bond acceptors (Lipinski definition) is 2. The Morgan fingerprint density at radius 2 is 2.11 bits per heavy atom. The van der Waals surface area contributed by atoms with E-state index in [9.17, 15) is 0 Å². The molecule has 2 fully saturated rings. The molecule has 0 N–H and O–H groups in total. The summed E-state index contributed by atoms with van der Waals surface area (Å²) in [5.41, 5.74) is 1.26. The first-order valence-electron chi connectivity index (χ1n) is 6.95. The van der Waals surface area contributed by atoms with Gasteiger partial charge in [0.05, 0.1) is 0 Å². The van der Waals surface area contributed by atoms with Gasteiger partial charge in [-0.25, -0.2) is 0 Å². The van der Waals surface area contributed by atoms with Crippen LogP contribution in [0.15, 0.2) is 24.3 Å². The Bertz CT molecular complexity index is 421. The molecule has 2 aliphatic heterocycles. The third-order valence-electron chi connectivity index (χ3n) is 4.40. The van der Waals surface area contributed by atoms with Crippen LogP contribution in [0.4, 0.5) is 0 Å². The Hall–Kier alpha value is -0.570. The molecule has 2 nitrogen and oxygen atoms in total. The van der Waals surface area contributed by atoms with Gasteiger partial charge in [0, 0.05) is 36.7 Å². The van der Waals surface area contributed by atoms with Crippen molar-refractivity contribution in [2.24, 2.45) is 0 Å². The minimum absolute atomic E-state index is 0.635. The molecule has 2 saturated heterocycles. The highest BCUT2D eigenvalue weighted by molar-refractivity contribution is 6.31. The van der Waals surface area contributed by atoms with E-state index in [1.165, 1.54) is 38.0 Å². The van der Waals surface area contributed by atoms with E-state index in [1.54, 1.807) is 0 Å². The van der Waals surface area contributed by atoms with E-state index in [1.807, 2.05) is 12.1 Å². The van der Waals surface area contributed by atoms with Gasteiger partial charge in [-0.05, 0) is 37.9 Å². The molecule has 0 aliphatic carbocycles. The summed E-state index contributed by atoms with van der Waals surface area (Å²) < 4.78 is 0. The van der Waals surface area contributed by atoms with Gasteiger partial charge in [0.25, 0.3) is 0 Å². The Morgan fingerprint density at radius 3 is 2.94 bits per heavy atom. The number of halogens is 1. The lowest BCUT2D eigenvalue weighted by Gasteiger charge is -2.42. The SMILES string of the molecule is C[C@@H]1CN2CCC[C@H]2CN1Cc1ccccc1Cl. The van der Waals surface area contributed by atoms with Gasteiger partial charge in [-0.1, -0.05) is 29.8 Å². The molecule has 0 aromatic heterocycles. The molecular weight excluding hydrogens is 244 g/mol. The second-order valence-corrected chi connectivity index (χ2v) is 6.07. The quantitative estimate of drug-likeness (QED) is 0.810. The van der Waals surface area contributed by atoms with Crippen LogP contribution in [0, 0.1) is 0 Å². The minimum atomic E-state index is 0.635. The van der Waals surface area contributed by atoms with Gasteiger partial charge in [-0.3, -0.25) is 9.80 Å². The van der Waals surface area contributed by atoms with Crippen LogP contribution in [-0.4, -0.2) is 41.5 Å². The minimum Gasteiger partial charge on any atom is -0.298 e. The fourth-order valence-electron chi connectivity index (χ4n) is 3.31. The predicted octanol–water partition coefficient (Wildman–Crippen LogP) is 3.01. The number of piperazine rings is 1. The second kappa shape index (κ2) is 5.20. The lowest BCUT2D eigenvalue weighted by molar-refractivity contribution is 0.0540. The van der Waals surface area contributed by atoms with Crippen molar-refractivity contribution in [2.45, 2.75) is 38.4 Å². The molecule has 0 radical (unpaired) electrons. The molecule has 0 spiro atoms. The third kappa shape index (κ3) is 2.42. The highest BCUT2D eigenvalue weighted by atomic mass is 35.5. The van der Waals surface area contributed by atoms with E-state index in [-0.39, 0.29) is 0 Å². The van der Waals surface area contributed by atoms with E-state index in [2.05, 4.69) is 28.9 Å². The monoisotopic (exact) mass is 264 g/mol. The summed E-state index contributed by atoms with van der Waals surface area (Å²) in [6.07, 6.45) is 2.74. The second-order valence-electron chi connectivity index (χ2n) is 5.66. The van der Waals surface area contributed by atoms with Crippen molar-refractivity contribution >= 4 is 11.6 Å². The van der Waals surface area contributed by atoms with Gasteiger partial charge >= 0.3 is 0 Å². The van der Waals surface area contributed by atoms with Gasteiger partial charge in [0.15, 0.2) is 0 Å². The molecule has 3 heteroatoms. The van der Waals surface area contributed by atoms with Crippen molar-refractivity contribution < 1.29 is 0 Å². The van der Waals surface area contributed by atoms with E-state index in [0.717, 1.165) is 17.6 Å². The zero-order chi connectivity index (χ0) is 12.5. The smallest absolute Gasteiger partial charge is 0.0451 e. The van der Waals surface area contributed by atoms with E-state index < -0.39 is 0 Å². The largest absolute Gasteiger partial charge is 0.298 e. The van der Waals surface area contributed by atoms with Crippen LogP contribution < -0.4 is 0 Å². The molecule has 0 saturated carbocycles. The zero-order valence-corrected chi connectivity index (χ0v) is 11.7. The molecule has 1 aromatic carbocycles. The molecule has 98 valence electrons. The zero-order valence-electron chi connectivity index (χ0n) is 11.0. The van der Waals surface area contributed by atoms with Crippen LogP contribution in [0.3, 0.4) is 0 Å². The van der Waals surface area contributed by atoms with Crippen molar-refractivity contribution in [3.8, 4) is 0 Å². The average Bonchev–Trinajstić information content (AvgIpc) is 2.79. The van der Waals surface area contributed by atoms with Crippen molar-refractivity contribution in [3.05, 3.63) is 34.9 Å². The molecular formula is C15H21ClN2. The van der Waals surface area contributed by atoms with Gasteiger partial charge < -0.3 is 0 Å². The lowest BCUT2D eigenvalue weighted by Crippen LogP contribution is -2.54. The number of fused-ring (bicyclic) bond motifs is 1. The standard InChI is InChI=1S/C15H21ClN2/c1-12-9-17-8-4-6-14(17)11-18(12)10-13-5-2-3-7-15(13)16/h2-3,5,7,12,14H,4,6,8-11H2,1H3/t12-,14+/m1/s1. The van der Waals surface area contributed by atoms with Crippen LogP contribution in [0.25, 0.3) is 0 Å². The maximum atomic E-state index is 6.27. The first-order valence-corrected chi connectivity index (χ1v) is 7.33. The Balaban J connectivity index is 1.71. The number of hydrogen-bond donors (Lipinski definition) is 0. The molecule has 3 rings (SSSR count). The average molecular weight is 265 g/mol. The van der Waals surface area contributed by atoms with E-state index in [0.29, 0.717) is 6.04 Å². The topological polar surface area (TPSA) is 6.48 Å². The molecule has 2 aliphatic rings. The van der Waals surface area contributed by atoms with E-state index >= 15 is 0 Å². The van der Waals surface area contributed by atoms with Crippen molar-refractivity contribution in [1.82, 2.24) is 9.80 Å². The Kier molecular flexibility index (Phi) is 3.60. The summed E-state index contributed by atoms with van der Waals surface area (Å²) in [6.45, 7) is 7.05. The van der Waals surface area contributed by atoms with Crippen LogP contribution >= 0.6 is 11.6 Å². The van der Waals surface area contributed by atoms with Crippen LogP contribution in [-0.2, 0) is 6.54 Å². The van der Waals surface area contributed by atoms with Gasteiger partial charge in [0.1, 0.15) is 0 Å². The first-order chi connectivity index (χ1) is 8.74. The Morgan fingerprint density at radius 1 is 1.28 bits per heavy atom. The van der Waals surface area contributed by atoms with Gasteiger partial charge in [-0.2, -0.15) is 0 Å². The van der Waals surface area contributed by atoms with Crippen LogP contribution in [0.5, 0.6) is 0 Å². The summed E-state index contributed by atoms with van der Waals surface area (Å²) in [7, 11) is 0. The van der Waals surface area contributed by atoms with Gasteiger partial charge in [0.2, 0.25) is 0 Å². The fraction of sp³-hybridized carbons (Fsp3) is 0.600. The summed E-state index contributed by atoms with van der Waals surface area (Å²) in [6, 6.07) is 9.64. The molecule has 2 heterocycles. The number of benzene rings is 1. The summed E-state index contributed by atoms with van der Waals surface area (Å²) >= 11 is 6.27. The number of nitrogens with zero attached hydrogens (tertiary/aromatic N) is 2. The summed E-state index contributed by atoms with van der Waals surface area (Å²) in [5.74, 6) is 0. The number of rotatable bonds is 2. The van der Waals surface area contributed by atoms with Crippen molar-refractivity contribution in [3.63, 3.8) is 0 Å². The first kappa shape index (κ1) is 12.5.